The van der Waals surface area contributed by atoms with Gasteiger partial charge in [0.15, 0.2) is 5.78 Å². The topological polar surface area (TPSA) is 26.3 Å². The molecule has 0 saturated heterocycles. The first-order valence-electron chi connectivity index (χ1n) is 4.05. The van der Waals surface area contributed by atoms with Crippen LogP contribution in [-0.4, -0.2) is 18.5 Å². The van der Waals surface area contributed by atoms with Crippen LogP contribution in [0.15, 0.2) is 12.2 Å². The molecule has 0 radical (unpaired) electrons. The fourth-order valence-electron chi connectivity index (χ4n) is 1.97. The van der Waals surface area contributed by atoms with E-state index in [1.807, 2.05) is 6.08 Å². The number of ether oxygens (including phenoxy) is 1. The molecule has 60 valence electrons. The van der Waals surface area contributed by atoms with Gasteiger partial charge in [-0.2, -0.15) is 0 Å². The molecule has 2 nitrogen and oxygen atoms in total. The SMILES string of the molecule is CO[C@]12C=C[C@@H](CC1)CC2=O. The molecule has 1 saturated carbocycles. The summed E-state index contributed by atoms with van der Waals surface area (Å²) in [7, 11) is 1.62. The highest BCUT2D eigenvalue weighted by molar-refractivity contribution is 5.91. The number of Topliss-reactive ketones (excluding diaryl/α,β-unsaturated/α-hetero) is 1. The van der Waals surface area contributed by atoms with E-state index in [1.54, 1.807) is 7.11 Å². The highest BCUT2D eigenvalue weighted by Gasteiger charge is 2.43. The third-order valence-electron chi connectivity index (χ3n) is 2.81. The number of carbonyl (C=O) groups excluding carboxylic acids is 1. The van der Waals surface area contributed by atoms with Crippen molar-refractivity contribution >= 4 is 5.78 Å². The Morgan fingerprint density at radius 2 is 2.55 bits per heavy atom. The van der Waals surface area contributed by atoms with E-state index in [0.717, 1.165) is 12.8 Å². The summed E-state index contributed by atoms with van der Waals surface area (Å²) >= 11 is 0. The van der Waals surface area contributed by atoms with Gasteiger partial charge in [-0.25, -0.2) is 0 Å². The Labute approximate surface area is 66.2 Å². The standard InChI is InChI=1S/C9H12O2/c1-11-9-4-2-7(3-5-9)6-8(9)10/h2,4,7H,3,5-6H2,1H3/t7-,9+/m0/s1. The number of ketones is 1. The lowest BCUT2D eigenvalue weighted by Crippen LogP contribution is -2.46. The zero-order valence-electron chi connectivity index (χ0n) is 6.67. The van der Waals surface area contributed by atoms with Crippen LogP contribution in [0, 0.1) is 5.92 Å². The minimum atomic E-state index is -0.533. The number of hydrogen-bond donors (Lipinski definition) is 0. The molecule has 2 atom stereocenters. The molecule has 0 aromatic heterocycles. The molecule has 0 unspecified atom stereocenters. The normalized spacial score (nSPS) is 41.5. The van der Waals surface area contributed by atoms with Crippen LogP contribution >= 0.6 is 0 Å². The van der Waals surface area contributed by atoms with E-state index in [2.05, 4.69) is 6.08 Å². The second-order valence-electron chi connectivity index (χ2n) is 3.38. The number of allylic oxidation sites excluding steroid dienone is 1. The van der Waals surface area contributed by atoms with Crippen LogP contribution in [0.25, 0.3) is 0 Å². The maximum Gasteiger partial charge on any atom is 0.169 e. The van der Waals surface area contributed by atoms with Crippen LogP contribution in [-0.2, 0) is 9.53 Å². The second-order valence-corrected chi connectivity index (χ2v) is 3.38. The Kier molecular flexibility index (Phi) is 1.39. The van der Waals surface area contributed by atoms with Gasteiger partial charge in [0.1, 0.15) is 5.60 Å². The molecule has 3 rings (SSSR count). The molecule has 1 fully saturated rings. The Balaban J connectivity index is 2.36. The Morgan fingerprint density at radius 3 is 2.91 bits per heavy atom. The lowest BCUT2D eigenvalue weighted by molar-refractivity contribution is -0.141. The predicted octanol–water partition coefficient (Wildman–Crippen LogP) is 1.31. The Bertz CT molecular complexity index is 220. The average Bonchev–Trinajstić information content (AvgIpc) is 2.07. The van der Waals surface area contributed by atoms with Crippen molar-refractivity contribution in [1.29, 1.82) is 0 Å². The molecule has 11 heavy (non-hydrogen) atoms. The van der Waals surface area contributed by atoms with Gasteiger partial charge in [-0.05, 0) is 24.8 Å². The molecule has 0 heterocycles. The summed E-state index contributed by atoms with van der Waals surface area (Å²) in [6, 6.07) is 0. The van der Waals surface area contributed by atoms with Crippen molar-refractivity contribution in [2.45, 2.75) is 24.9 Å². The van der Waals surface area contributed by atoms with Gasteiger partial charge in [-0.1, -0.05) is 6.08 Å². The fourth-order valence-corrected chi connectivity index (χ4v) is 1.97. The molecule has 2 bridgehead atoms. The van der Waals surface area contributed by atoms with Crippen LogP contribution in [0.5, 0.6) is 0 Å². The molecule has 0 spiro atoms. The van der Waals surface area contributed by atoms with Crippen LogP contribution < -0.4 is 0 Å². The van der Waals surface area contributed by atoms with Crippen molar-refractivity contribution in [1.82, 2.24) is 0 Å². The van der Waals surface area contributed by atoms with Gasteiger partial charge in [-0.15, -0.1) is 0 Å². The average molecular weight is 152 g/mol. The van der Waals surface area contributed by atoms with Gasteiger partial charge in [0.05, 0.1) is 0 Å². The van der Waals surface area contributed by atoms with E-state index in [4.69, 9.17) is 4.74 Å². The van der Waals surface area contributed by atoms with Gasteiger partial charge in [0, 0.05) is 13.5 Å². The summed E-state index contributed by atoms with van der Waals surface area (Å²) in [6.45, 7) is 0. The maximum atomic E-state index is 11.4. The Hall–Kier alpha value is -0.630. The van der Waals surface area contributed by atoms with E-state index < -0.39 is 5.60 Å². The largest absolute Gasteiger partial charge is 0.366 e. The number of fused-ring (bicyclic) bond motifs is 2. The lowest BCUT2D eigenvalue weighted by atomic mass is 9.72. The second kappa shape index (κ2) is 2.18. The molecule has 0 aromatic rings. The van der Waals surface area contributed by atoms with E-state index in [1.165, 1.54) is 0 Å². The smallest absolute Gasteiger partial charge is 0.169 e. The summed E-state index contributed by atoms with van der Waals surface area (Å²) in [5.41, 5.74) is -0.533. The van der Waals surface area contributed by atoms with Crippen molar-refractivity contribution in [3.63, 3.8) is 0 Å². The van der Waals surface area contributed by atoms with Gasteiger partial charge >= 0.3 is 0 Å². The summed E-state index contributed by atoms with van der Waals surface area (Å²) in [5.74, 6) is 0.762. The molecule has 3 aliphatic carbocycles. The van der Waals surface area contributed by atoms with E-state index in [9.17, 15) is 4.79 Å². The quantitative estimate of drug-likeness (QED) is 0.529. The summed E-state index contributed by atoms with van der Waals surface area (Å²) in [5, 5.41) is 0. The maximum absolute atomic E-state index is 11.4. The van der Waals surface area contributed by atoms with E-state index >= 15 is 0 Å². The zero-order chi connectivity index (χ0) is 7.90. The Morgan fingerprint density at radius 1 is 1.73 bits per heavy atom. The van der Waals surface area contributed by atoms with Gasteiger partial charge in [0.2, 0.25) is 0 Å². The first-order chi connectivity index (χ1) is 5.27. The molecular weight excluding hydrogens is 140 g/mol. The van der Waals surface area contributed by atoms with Crippen molar-refractivity contribution in [2.75, 3.05) is 7.11 Å². The summed E-state index contributed by atoms with van der Waals surface area (Å²) in [6.07, 6.45) is 6.73. The van der Waals surface area contributed by atoms with Crippen molar-refractivity contribution in [2.24, 2.45) is 5.92 Å². The predicted molar refractivity (Wildman–Crippen MR) is 41.2 cm³/mol. The molecule has 0 aromatic carbocycles. The number of hydrogen-bond acceptors (Lipinski definition) is 2. The van der Waals surface area contributed by atoms with Crippen molar-refractivity contribution in [3.8, 4) is 0 Å². The minimum Gasteiger partial charge on any atom is -0.366 e. The van der Waals surface area contributed by atoms with Crippen LogP contribution in [0.3, 0.4) is 0 Å². The molecular formula is C9H12O2. The number of methoxy groups -OCH3 is 1. The van der Waals surface area contributed by atoms with Crippen LogP contribution in [0.1, 0.15) is 19.3 Å². The minimum absolute atomic E-state index is 0.263. The molecule has 0 N–H and O–H groups in total. The van der Waals surface area contributed by atoms with Gasteiger partial charge < -0.3 is 4.74 Å². The first kappa shape index (κ1) is 7.04. The first-order valence-corrected chi connectivity index (χ1v) is 4.05. The van der Waals surface area contributed by atoms with Crippen molar-refractivity contribution < 1.29 is 9.53 Å². The highest BCUT2D eigenvalue weighted by atomic mass is 16.5. The third kappa shape index (κ3) is 0.857. The van der Waals surface area contributed by atoms with E-state index in [0.29, 0.717) is 12.3 Å². The molecule has 0 amide bonds. The molecule has 3 aliphatic rings. The zero-order valence-corrected chi connectivity index (χ0v) is 6.67. The van der Waals surface area contributed by atoms with Crippen LogP contribution in [0.2, 0.25) is 0 Å². The van der Waals surface area contributed by atoms with E-state index in [-0.39, 0.29) is 5.78 Å². The molecule has 2 heteroatoms. The third-order valence-corrected chi connectivity index (χ3v) is 2.81. The summed E-state index contributed by atoms with van der Waals surface area (Å²) in [4.78, 5) is 11.4. The van der Waals surface area contributed by atoms with Crippen molar-refractivity contribution in [3.05, 3.63) is 12.2 Å². The molecule has 0 aliphatic heterocycles. The summed E-state index contributed by atoms with van der Waals surface area (Å²) < 4.78 is 5.24. The number of carbonyl (C=O) groups is 1. The monoisotopic (exact) mass is 152 g/mol. The number of rotatable bonds is 1. The van der Waals surface area contributed by atoms with Crippen LogP contribution in [0.4, 0.5) is 0 Å². The highest BCUT2D eigenvalue weighted by Crippen LogP contribution is 2.38. The van der Waals surface area contributed by atoms with Gasteiger partial charge in [0.25, 0.3) is 0 Å². The van der Waals surface area contributed by atoms with Gasteiger partial charge in [-0.3, -0.25) is 4.79 Å². The fraction of sp³-hybridized carbons (Fsp3) is 0.667. The lowest BCUT2D eigenvalue weighted by Gasteiger charge is -2.38.